The molecule has 0 aliphatic rings. The molecule has 1 aromatic rings. The minimum atomic E-state index is -0.866. The minimum absolute atomic E-state index is 0.163. The quantitative estimate of drug-likeness (QED) is 0.734. The van der Waals surface area contributed by atoms with Crippen LogP contribution in [0.3, 0.4) is 0 Å². The fourth-order valence-electron chi connectivity index (χ4n) is 1.82. The molecule has 94 valence electrons. The summed E-state index contributed by atoms with van der Waals surface area (Å²) >= 11 is 0. The van der Waals surface area contributed by atoms with Gasteiger partial charge < -0.3 is 4.74 Å². The first kappa shape index (κ1) is 13.8. The van der Waals surface area contributed by atoms with Crippen molar-refractivity contribution in [2.45, 2.75) is 39.7 Å². The van der Waals surface area contributed by atoms with E-state index in [1.165, 1.54) is 12.1 Å². The predicted molar refractivity (Wildman–Crippen MR) is 65.8 cm³/mol. The highest BCUT2D eigenvalue weighted by atomic mass is 19.1. The molecule has 0 amide bonds. The van der Waals surface area contributed by atoms with E-state index in [4.69, 9.17) is 4.74 Å². The van der Waals surface area contributed by atoms with Crippen molar-refractivity contribution in [1.29, 1.82) is 0 Å². The lowest BCUT2D eigenvalue weighted by Gasteiger charge is -2.26. The molecule has 0 heterocycles. The van der Waals surface area contributed by atoms with Crippen LogP contribution in [-0.4, -0.2) is 18.0 Å². The van der Waals surface area contributed by atoms with Crippen molar-refractivity contribution in [2.24, 2.45) is 0 Å². The Hall–Kier alpha value is -1.22. The molecule has 0 saturated carbocycles. The van der Waals surface area contributed by atoms with E-state index < -0.39 is 5.60 Å². The highest BCUT2D eigenvalue weighted by Crippen LogP contribution is 2.22. The van der Waals surface area contributed by atoms with Gasteiger partial charge in [-0.15, -0.1) is 0 Å². The van der Waals surface area contributed by atoms with Crippen molar-refractivity contribution in [2.75, 3.05) is 6.61 Å². The number of rotatable bonds is 5. The molecule has 1 rings (SSSR count). The topological polar surface area (TPSA) is 26.3 Å². The van der Waals surface area contributed by atoms with Crippen LogP contribution in [0.4, 0.5) is 4.39 Å². The number of hydrogen-bond donors (Lipinski definition) is 0. The third-order valence-corrected chi connectivity index (χ3v) is 2.92. The first-order chi connectivity index (χ1) is 7.92. The van der Waals surface area contributed by atoms with E-state index in [9.17, 15) is 9.18 Å². The number of Topliss-reactive ketones (excluding diaryl/α,β-unsaturated/α-hetero) is 1. The molecule has 0 saturated heterocycles. The standard InChI is InChI=1S/C14H19FO2/c1-5-14(4,17-6-2)13(16)11-7-10(3)8-12(15)9-11/h7-9H,5-6H2,1-4H3. The molecular formula is C14H19FO2. The second-order valence-corrected chi connectivity index (χ2v) is 4.36. The summed E-state index contributed by atoms with van der Waals surface area (Å²) in [4.78, 5) is 12.3. The average molecular weight is 238 g/mol. The highest BCUT2D eigenvalue weighted by Gasteiger charge is 2.32. The van der Waals surface area contributed by atoms with Gasteiger partial charge in [-0.3, -0.25) is 4.79 Å². The van der Waals surface area contributed by atoms with Crippen LogP contribution in [0, 0.1) is 12.7 Å². The van der Waals surface area contributed by atoms with Crippen LogP contribution in [0.1, 0.15) is 43.1 Å². The lowest BCUT2D eigenvalue weighted by molar-refractivity contribution is -0.0116. The number of hydrogen-bond acceptors (Lipinski definition) is 2. The number of ether oxygens (including phenoxy) is 1. The second kappa shape index (κ2) is 5.41. The third kappa shape index (κ3) is 3.13. The van der Waals surface area contributed by atoms with Gasteiger partial charge in [0.15, 0.2) is 5.78 Å². The van der Waals surface area contributed by atoms with Gasteiger partial charge in [-0.05, 0) is 51.0 Å². The monoisotopic (exact) mass is 238 g/mol. The summed E-state index contributed by atoms with van der Waals surface area (Å²) in [5.41, 5.74) is 0.248. The van der Waals surface area contributed by atoms with Crippen molar-refractivity contribution in [3.05, 3.63) is 35.1 Å². The van der Waals surface area contributed by atoms with Crippen molar-refractivity contribution in [3.63, 3.8) is 0 Å². The Morgan fingerprint density at radius 1 is 1.35 bits per heavy atom. The van der Waals surface area contributed by atoms with E-state index >= 15 is 0 Å². The molecule has 0 spiro atoms. The van der Waals surface area contributed by atoms with E-state index in [1.807, 2.05) is 13.8 Å². The summed E-state index contributed by atoms with van der Waals surface area (Å²) in [7, 11) is 0. The predicted octanol–water partition coefficient (Wildman–Crippen LogP) is 3.52. The largest absolute Gasteiger partial charge is 0.367 e. The maximum Gasteiger partial charge on any atom is 0.194 e. The molecule has 0 aliphatic carbocycles. The summed E-state index contributed by atoms with van der Waals surface area (Å²) in [5.74, 6) is -0.548. The van der Waals surface area contributed by atoms with Crippen LogP contribution < -0.4 is 0 Å². The molecule has 1 aromatic carbocycles. The number of ketones is 1. The van der Waals surface area contributed by atoms with E-state index in [2.05, 4.69) is 0 Å². The van der Waals surface area contributed by atoms with Gasteiger partial charge in [0.05, 0.1) is 0 Å². The molecule has 17 heavy (non-hydrogen) atoms. The summed E-state index contributed by atoms with van der Waals surface area (Å²) in [5, 5.41) is 0. The summed E-state index contributed by atoms with van der Waals surface area (Å²) in [6.07, 6.45) is 0.565. The fourth-order valence-corrected chi connectivity index (χ4v) is 1.82. The Morgan fingerprint density at radius 2 is 2.00 bits per heavy atom. The van der Waals surface area contributed by atoms with Crippen LogP contribution in [0.5, 0.6) is 0 Å². The Morgan fingerprint density at radius 3 is 2.47 bits per heavy atom. The van der Waals surface area contributed by atoms with E-state index in [0.29, 0.717) is 18.6 Å². The smallest absolute Gasteiger partial charge is 0.194 e. The molecule has 1 atom stereocenters. The number of benzene rings is 1. The van der Waals surface area contributed by atoms with Gasteiger partial charge in [-0.1, -0.05) is 6.92 Å². The molecule has 0 aliphatic heterocycles. The second-order valence-electron chi connectivity index (χ2n) is 4.36. The van der Waals surface area contributed by atoms with Crippen molar-refractivity contribution < 1.29 is 13.9 Å². The molecule has 0 fully saturated rings. The Kier molecular flexibility index (Phi) is 4.40. The number of carbonyl (C=O) groups excluding carboxylic acids is 1. The van der Waals surface area contributed by atoms with Gasteiger partial charge in [-0.25, -0.2) is 4.39 Å². The van der Waals surface area contributed by atoms with Crippen LogP contribution in [0.2, 0.25) is 0 Å². The van der Waals surface area contributed by atoms with Crippen LogP contribution >= 0.6 is 0 Å². The summed E-state index contributed by atoms with van der Waals surface area (Å²) < 4.78 is 18.8. The van der Waals surface area contributed by atoms with Gasteiger partial charge in [0, 0.05) is 12.2 Å². The lowest BCUT2D eigenvalue weighted by Crippen LogP contribution is -2.38. The Labute approximate surface area is 102 Å². The van der Waals surface area contributed by atoms with Crippen molar-refractivity contribution >= 4 is 5.78 Å². The number of halogens is 1. The van der Waals surface area contributed by atoms with Crippen LogP contribution in [0.15, 0.2) is 18.2 Å². The normalized spacial score (nSPS) is 14.4. The molecule has 0 N–H and O–H groups in total. The number of carbonyl (C=O) groups is 1. The zero-order valence-electron chi connectivity index (χ0n) is 10.8. The SMILES string of the molecule is CCOC(C)(CC)C(=O)c1cc(C)cc(F)c1. The minimum Gasteiger partial charge on any atom is -0.367 e. The van der Waals surface area contributed by atoms with Gasteiger partial charge in [0.1, 0.15) is 11.4 Å². The zero-order chi connectivity index (χ0) is 13.1. The lowest BCUT2D eigenvalue weighted by atomic mass is 9.91. The van der Waals surface area contributed by atoms with Crippen LogP contribution in [0.25, 0.3) is 0 Å². The molecule has 1 unspecified atom stereocenters. The van der Waals surface area contributed by atoms with E-state index in [0.717, 1.165) is 5.56 Å². The molecule has 3 heteroatoms. The van der Waals surface area contributed by atoms with Gasteiger partial charge >= 0.3 is 0 Å². The maximum atomic E-state index is 13.3. The van der Waals surface area contributed by atoms with Crippen molar-refractivity contribution in [1.82, 2.24) is 0 Å². The van der Waals surface area contributed by atoms with Gasteiger partial charge in [0.25, 0.3) is 0 Å². The number of aryl methyl sites for hydroxylation is 1. The molecular weight excluding hydrogens is 219 g/mol. The Balaban J connectivity index is 3.10. The first-order valence-corrected chi connectivity index (χ1v) is 5.89. The molecule has 2 nitrogen and oxygen atoms in total. The Bertz CT molecular complexity index is 394. The van der Waals surface area contributed by atoms with Crippen LogP contribution in [-0.2, 0) is 4.74 Å². The fraction of sp³-hybridized carbons (Fsp3) is 0.500. The maximum absolute atomic E-state index is 13.3. The summed E-state index contributed by atoms with van der Waals surface area (Å²) in [6.45, 7) is 7.71. The highest BCUT2D eigenvalue weighted by molar-refractivity contribution is 6.02. The molecule has 0 aromatic heterocycles. The average Bonchev–Trinajstić information content (AvgIpc) is 2.27. The van der Waals surface area contributed by atoms with E-state index in [-0.39, 0.29) is 11.6 Å². The summed E-state index contributed by atoms with van der Waals surface area (Å²) in [6, 6.07) is 4.36. The van der Waals surface area contributed by atoms with E-state index in [1.54, 1.807) is 19.9 Å². The zero-order valence-corrected chi connectivity index (χ0v) is 10.8. The molecule has 0 radical (unpaired) electrons. The molecule has 0 bridgehead atoms. The van der Waals surface area contributed by atoms with Gasteiger partial charge in [0.2, 0.25) is 0 Å². The first-order valence-electron chi connectivity index (χ1n) is 5.89. The van der Waals surface area contributed by atoms with Gasteiger partial charge in [-0.2, -0.15) is 0 Å². The third-order valence-electron chi connectivity index (χ3n) is 2.92. The van der Waals surface area contributed by atoms with Crippen molar-refractivity contribution in [3.8, 4) is 0 Å².